The number of aliphatic hydroxyl groups excluding tert-OH is 1. The number of hydrogen-bond donors (Lipinski definition) is 2. The number of urea groups is 1. The van der Waals surface area contributed by atoms with Gasteiger partial charge in [-0.15, -0.1) is 0 Å². The Hall–Kier alpha value is -3.07. The number of carbonyl (C=O) groups is 3. The first-order chi connectivity index (χ1) is 14.7. The standard InChI is InChI=1S/C22H23F2N3O4/c1-26-16(15-5-3-2-4-14(15)13-28)6-7-17(26)18(29)12-27-19(30)21(25-20(27)31)8-10-22(23,24)11-9-21/h2-7,28H,8-13H2,1H3,(H,25,31). The molecule has 2 fully saturated rings. The van der Waals surface area contributed by atoms with Crippen molar-refractivity contribution in [3.05, 3.63) is 47.7 Å². The summed E-state index contributed by atoms with van der Waals surface area (Å²) in [5.41, 5.74) is 1.12. The average molecular weight is 431 g/mol. The molecule has 1 aromatic carbocycles. The van der Waals surface area contributed by atoms with E-state index in [2.05, 4.69) is 5.32 Å². The van der Waals surface area contributed by atoms with Crippen molar-refractivity contribution in [2.45, 2.75) is 43.8 Å². The minimum absolute atomic E-state index is 0.151. The quantitative estimate of drug-likeness (QED) is 0.563. The molecular formula is C22H23F2N3O4. The van der Waals surface area contributed by atoms with Crippen LogP contribution in [0.1, 0.15) is 41.7 Å². The molecule has 3 amide bonds. The van der Waals surface area contributed by atoms with Crippen LogP contribution >= 0.6 is 0 Å². The van der Waals surface area contributed by atoms with Crippen LogP contribution < -0.4 is 5.32 Å². The molecule has 1 saturated heterocycles. The third-order valence-corrected chi connectivity index (χ3v) is 6.25. The molecule has 9 heteroatoms. The summed E-state index contributed by atoms with van der Waals surface area (Å²) in [6.07, 6.45) is -1.26. The van der Waals surface area contributed by atoms with E-state index in [1.807, 2.05) is 12.1 Å². The van der Waals surface area contributed by atoms with Gasteiger partial charge in [0.1, 0.15) is 5.54 Å². The lowest BCUT2D eigenvalue weighted by Gasteiger charge is -2.34. The number of aromatic nitrogens is 1. The number of nitrogens with zero attached hydrogens (tertiary/aromatic N) is 2. The summed E-state index contributed by atoms with van der Waals surface area (Å²) in [4.78, 5) is 39.0. The third kappa shape index (κ3) is 3.63. The molecule has 1 spiro atoms. The Balaban J connectivity index is 1.54. The molecular weight excluding hydrogens is 408 g/mol. The van der Waals surface area contributed by atoms with Crippen LogP contribution in [0.2, 0.25) is 0 Å². The lowest BCUT2D eigenvalue weighted by Crippen LogP contribution is -2.51. The molecule has 0 bridgehead atoms. The van der Waals surface area contributed by atoms with Gasteiger partial charge in [-0.05, 0) is 30.5 Å². The number of imide groups is 1. The van der Waals surface area contributed by atoms with Crippen molar-refractivity contribution in [2.24, 2.45) is 7.05 Å². The highest BCUT2D eigenvalue weighted by atomic mass is 19.3. The van der Waals surface area contributed by atoms with Gasteiger partial charge in [-0.25, -0.2) is 13.6 Å². The van der Waals surface area contributed by atoms with Crippen LogP contribution in [0.5, 0.6) is 0 Å². The summed E-state index contributed by atoms with van der Waals surface area (Å²) in [5, 5.41) is 12.1. The number of Topliss-reactive ketones (excluding diaryl/α,β-unsaturated/α-hetero) is 1. The number of benzene rings is 1. The van der Waals surface area contributed by atoms with E-state index in [9.17, 15) is 28.3 Å². The van der Waals surface area contributed by atoms with Gasteiger partial charge < -0.3 is 15.0 Å². The molecule has 0 atom stereocenters. The van der Waals surface area contributed by atoms with Crippen LogP contribution in [0.15, 0.2) is 36.4 Å². The van der Waals surface area contributed by atoms with Gasteiger partial charge in [-0.2, -0.15) is 0 Å². The monoisotopic (exact) mass is 431 g/mol. The van der Waals surface area contributed by atoms with Crippen LogP contribution in [0.3, 0.4) is 0 Å². The fourth-order valence-electron chi connectivity index (χ4n) is 4.40. The number of amides is 3. The van der Waals surface area contributed by atoms with E-state index >= 15 is 0 Å². The smallest absolute Gasteiger partial charge is 0.325 e. The largest absolute Gasteiger partial charge is 0.392 e. The fourth-order valence-corrected chi connectivity index (χ4v) is 4.40. The first-order valence-corrected chi connectivity index (χ1v) is 10.1. The summed E-state index contributed by atoms with van der Waals surface area (Å²) in [6, 6.07) is 9.84. The van der Waals surface area contributed by atoms with Crippen molar-refractivity contribution >= 4 is 17.7 Å². The minimum Gasteiger partial charge on any atom is -0.392 e. The molecule has 7 nitrogen and oxygen atoms in total. The second kappa shape index (κ2) is 7.56. The Bertz CT molecular complexity index is 1050. The van der Waals surface area contributed by atoms with Crippen molar-refractivity contribution in [3.8, 4) is 11.3 Å². The van der Waals surface area contributed by atoms with Crippen molar-refractivity contribution in [2.75, 3.05) is 6.54 Å². The van der Waals surface area contributed by atoms with Gasteiger partial charge in [-0.3, -0.25) is 14.5 Å². The molecule has 1 aromatic heterocycles. The zero-order valence-corrected chi connectivity index (χ0v) is 17.0. The zero-order valence-electron chi connectivity index (χ0n) is 17.0. The number of halogens is 2. The van der Waals surface area contributed by atoms with Crippen LogP contribution in [-0.2, 0) is 18.4 Å². The van der Waals surface area contributed by atoms with E-state index in [0.717, 1.165) is 10.5 Å². The van der Waals surface area contributed by atoms with E-state index in [-0.39, 0.29) is 19.4 Å². The number of ketones is 1. The van der Waals surface area contributed by atoms with E-state index in [1.54, 1.807) is 35.9 Å². The van der Waals surface area contributed by atoms with Gasteiger partial charge in [0.15, 0.2) is 5.78 Å². The van der Waals surface area contributed by atoms with Crippen LogP contribution in [0.4, 0.5) is 13.6 Å². The van der Waals surface area contributed by atoms with Gasteiger partial charge >= 0.3 is 6.03 Å². The predicted molar refractivity (Wildman–Crippen MR) is 107 cm³/mol. The van der Waals surface area contributed by atoms with Crippen molar-refractivity contribution < 1.29 is 28.3 Å². The Morgan fingerprint density at radius 2 is 1.77 bits per heavy atom. The summed E-state index contributed by atoms with van der Waals surface area (Å²) in [7, 11) is 1.69. The van der Waals surface area contributed by atoms with Gasteiger partial charge in [0.2, 0.25) is 5.92 Å². The lowest BCUT2D eigenvalue weighted by atomic mass is 9.80. The maximum Gasteiger partial charge on any atom is 0.325 e. The highest BCUT2D eigenvalue weighted by Gasteiger charge is 2.55. The molecule has 31 heavy (non-hydrogen) atoms. The Labute approximate surface area is 177 Å². The number of carbonyl (C=O) groups excluding carboxylic acids is 3. The molecule has 0 unspecified atom stereocenters. The van der Waals surface area contributed by atoms with E-state index in [1.165, 1.54) is 0 Å². The molecule has 2 aromatic rings. The molecule has 2 N–H and O–H groups in total. The molecule has 4 rings (SSSR count). The predicted octanol–water partition coefficient (Wildman–Crippen LogP) is 2.87. The zero-order chi connectivity index (χ0) is 22.4. The average Bonchev–Trinajstić information content (AvgIpc) is 3.23. The summed E-state index contributed by atoms with van der Waals surface area (Å²) in [5.74, 6) is -3.91. The molecule has 164 valence electrons. The number of nitrogens with one attached hydrogen (secondary N) is 1. The van der Waals surface area contributed by atoms with Crippen LogP contribution in [-0.4, -0.2) is 50.3 Å². The number of rotatable bonds is 5. The van der Waals surface area contributed by atoms with Crippen LogP contribution in [0, 0.1) is 0 Å². The van der Waals surface area contributed by atoms with Gasteiger partial charge in [0.25, 0.3) is 5.91 Å². The molecule has 2 aliphatic rings. The first-order valence-electron chi connectivity index (χ1n) is 10.1. The Morgan fingerprint density at radius 3 is 2.45 bits per heavy atom. The second-order valence-electron chi connectivity index (χ2n) is 8.16. The van der Waals surface area contributed by atoms with E-state index < -0.39 is 48.6 Å². The van der Waals surface area contributed by atoms with Crippen molar-refractivity contribution in [1.82, 2.24) is 14.8 Å². The molecule has 0 radical (unpaired) electrons. The summed E-state index contributed by atoms with van der Waals surface area (Å²) in [6.45, 7) is -0.629. The first kappa shape index (κ1) is 21.2. The topological polar surface area (TPSA) is 91.6 Å². The summed E-state index contributed by atoms with van der Waals surface area (Å²) < 4.78 is 28.7. The van der Waals surface area contributed by atoms with Gasteiger partial charge in [0.05, 0.1) is 18.8 Å². The lowest BCUT2D eigenvalue weighted by molar-refractivity contribution is -0.135. The van der Waals surface area contributed by atoms with Gasteiger partial charge in [-0.1, -0.05) is 24.3 Å². The van der Waals surface area contributed by atoms with Crippen molar-refractivity contribution in [1.29, 1.82) is 0 Å². The summed E-state index contributed by atoms with van der Waals surface area (Å²) >= 11 is 0. The highest BCUT2D eigenvalue weighted by Crippen LogP contribution is 2.41. The maximum atomic E-state index is 13.5. The van der Waals surface area contributed by atoms with E-state index in [4.69, 9.17) is 0 Å². The number of aliphatic hydroxyl groups is 1. The normalized spacial score (nSPS) is 19.7. The van der Waals surface area contributed by atoms with E-state index in [0.29, 0.717) is 17.0 Å². The van der Waals surface area contributed by atoms with Crippen LogP contribution in [0.25, 0.3) is 11.3 Å². The third-order valence-electron chi connectivity index (χ3n) is 6.25. The minimum atomic E-state index is -2.84. The Morgan fingerprint density at radius 1 is 1.10 bits per heavy atom. The second-order valence-corrected chi connectivity index (χ2v) is 8.16. The highest BCUT2D eigenvalue weighted by molar-refractivity contribution is 6.11. The fraction of sp³-hybridized carbons (Fsp3) is 0.409. The Kier molecular flexibility index (Phi) is 5.17. The molecule has 1 aliphatic heterocycles. The van der Waals surface area contributed by atoms with Crippen molar-refractivity contribution in [3.63, 3.8) is 0 Å². The number of alkyl halides is 2. The molecule has 1 aliphatic carbocycles. The molecule has 2 heterocycles. The SMILES string of the molecule is Cn1c(C(=O)CN2C(=O)NC3(CCC(F)(F)CC3)C2=O)ccc1-c1ccccc1CO. The molecule has 1 saturated carbocycles. The van der Waals surface area contributed by atoms with Gasteiger partial charge in [0, 0.05) is 31.1 Å². The maximum absolute atomic E-state index is 13.5. The number of hydrogen-bond acceptors (Lipinski definition) is 4.